The van der Waals surface area contributed by atoms with E-state index in [1.807, 2.05) is 0 Å². The van der Waals surface area contributed by atoms with Crippen molar-refractivity contribution in [2.24, 2.45) is 0 Å². The summed E-state index contributed by atoms with van der Waals surface area (Å²) in [6, 6.07) is 0.280. The van der Waals surface area contributed by atoms with E-state index in [2.05, 4.69) is 18.3 Å². The Morgan fingerprint density at radius 1 is 1.44 bits per heavy atom. The molecule has 0 saturated carbocycles. The average Bonchev–Trinajstić information content (AvgIpc) is 2.85. The Labute approximate surface area is 98.2 Å². The van der Waals surface area contributed by atoms with Gasteiger partial charge in [-0.1, -0.05) is 6.92 Å². The monoisotopic (exact) mass is 225 g/mol. The van der Waals surface area contributed by atoms with E-state index in [-0.39, 0.29) is 6.04 Å². The predicted octanol–water partition coefficient (Wildman–Crippen LogP) is 2.23. The lowest BCUT2D eigenvalue weighted by Crippen LogP contribution is -2.42. The maximum Gasteiger partial charge on any atom is 0.112 e. The first-order chi connectivity index (χ1) is 7.92. The third-order valence-electron chi connectivity index (χ3n) is 3.22. The molecule has 2 atom stereocenters. The van der Waals surface area contributed by atoms with Crippen LogP contribution in [0.25, 0.3) is 0 Å². The van der Waals surface area contributed by atoms with Crippen molar-refractivity contribution in [3.05, 3.63) is 11.8 Å². The van der Waals surface area contributed by atoms with E-state index >= 15 is 0 Å². The zero-order valence-electron chi connectivity index (χ0n) is 10.2. The van der Waals surface area contributed by atoms with Crippen molar-refractivity contribution in [1.82, 2.24) is 5.32 Å². The van der Waals surface area contributed by atoms with Crippen LogP contribution in [-0.2, 0) is 9.47 Å². The van der Waals surface area contributed by atoms with Gasteiger partial charge in [-0.2, -0.15) is 0 Å². The van der Waals surface area contributed by atoms with Crippen molar-refractivity contribution in [1.29, 1.82) is 0 Å². The topological polar surface area (TPSA) is 30.5 Å². The van der Waals surface area contributed by atoms with Crippen LogP contribution in [0, 0.1) is 0 Å². The molecule has 1 saturated heterocycles. The lowest BCUT2D eigenvalue weighted by molar-refractivity contribution is 0.0590. The molecule has 0 aromatic carbocycles. The molecule has 0 aromatic heterocycles. The van der Waals surface area contributed by atoms with Gasteiger partial charge < -0.3 is 14.8 Å². The number of allylic oxidation sites excluding steroid dienone is 1. The van der Waals surface area contributed by atoms with Gasteiger partial charge in [-0.3, -0.25) is 0 Å². The van der Waals surface area contributed by atoms with Crippen LogP contribution in [0.3, 0.4) is 0 Å². The number of hydrogen-bond donors (Lipinski definition) is 1. The number of rotatable bonds is 5. The molecular formula is C13H23NO2. The van der Waals surface area contributed by atoms with E-state index in [0.717, 1.165) is 51.2 Å². The van der Waals surface area contributed by atoms with Gasteiger partial charge in [-0.15, -0.1) is 0 Å². The fraction of sp³-hybridized carbons (Fsp3) is 0.846. The Bertz CT molecular complexity index is 234. The molecule has 0 amide bonds. The lowest BCUT2D eigenvalue weighted by atomic mass is 10.0. The highest BCUT2D eigenvalue weighted by atomic mass is 16.5. The second kappa shape index (κ2) is 6.26. The molecule has 0 aromatic rings. The van der Waals surface area contributed by atoms with Crippen molar-refractivity contribution in [2.45, 2.75) is 51.2 Å². The van der Waals surface area contributed by atoms with Gasteiger partial charge in [0, 0.05) is 6.61 Å². The Balaban J connectivity index is 1.97. The summed E-state index contributed by atoms with van der Waals surface area (Å²) in [5.41, 5.74) is 0. The smallest absolute Gasteiger partial charge is 0.112 e. The van der Waals surface area contributed by atoms with Gasteiger partial charge >= 0.3 is 0 Å². The van der Waals surface area contributed by atoms with Crippen molar-refractivity contribution in [2.75, 3.05) is 19.8 Å². The zero-order valence-corrected chi connectivity index (χ0v) is 10.2. The van der Waals surface area contributed by atoms with Gasteiger partial charge in [0.1, 0.15) is 5.76 Å². The summed E-state index contributed by atoms with van der Waals surface area (Å²) in [5, 5.41) is 3.56. The summed E-state index contributed by atoms with van der Waals surface area (Å²) in [4.78, 5) is 0. The third-order valence-corrected chi connectivity index (χ3v) is 3.22. The van der Waals surface area contributed by atoms with Crippen molar-refractivity contribution in [3.8, 4) is 0 Å². The Morgan fingerprint density at radius 3 is 3.00 bits per heavy atom. The summed E-state index contributed by atoms with van der Waals surface area (Å²) in [7, 11) is 0. The number of nitrogens with one attached hydrogen (secondary N) is 1. The first-order valence-corrected chi connectivity index (χ1v) is 6.59. The van der Waals surface area contributed by atoms with Crippen LogP contribution < -0.4 is 5.32 Å². The molecule has 16 heavy (non-hydrogen) atoms. The third kappa shape index (κ3) is 2.98. The summed E-state index contributed by atoms with van der Waals surface area (Å²) < 4.78 is 11.6. The minimum absolute atomic E-state index is 0.280. The molecule has 2 aliphatic heterocycles. The fourth-order valence-electron chi connectivity index (χ4n) is 2.37. The Hall–Kier alpha value is -0.540. The van der Waals surface area contributed by atoms with Gasteiger partial charge in [0.2, 0.25) is 0 Å². The molecule has 3 heteroatoms. The molecule has 0 aliphatic carbocycles. The molecule has 1 fully saturated rings. The van der Waals surface area contributed by atoms with E-state index in [4.69, 9.17) is 9.47 Å². The van der Waals surface area contributed by atoms with E-state index in [9.17, 15) is 0 Å². The lowest BCUT2D eigenvalue weighted by Gasteiger charge is -2.28. The maximum absolute atomic E-state index is 5.78. The first kappa shape index (κ1) is 11.9. The standard InChI is InChI=1S/C13H23NO2/c1-2-8-14-13(12-7-5-10-16-12)11-6-3-4-9-15-11/h6,12-14H,2-5,7-10H2,1H3. The van der Waals surface area contributed by atoms with Gasteiger partial charge in [0.05, 0.1) is 18.8 Å². The number of hydrogen-bond acceptors (Lipinski definition) is 3. The first-order valence-electron chi connectivity index (χ1n) is 6.59. The van der Waals surface area contributed by atoms with Crippen LogP contribution >= 0.6 is 0 Å². The van der Waals surface area contributed by atoms with Crippen molar-refractivity contribution >= 4 is 0 Å². The van der Waals surface area contributed by atoms with Gasteiger partial charge in [-0.25, -0.2) is 0 Å². The minimum Gasteiger partial charge on any atom is -0.496 e. The van der Waals surface area contributed by atoms with Crippen LogP contribution in [0.15, 0.2) is 11.8 Å². The summed E-state index contributed by atoms with van der Waals surface area (Å²) in [6.07, 6.45) is 8.33. The molecule has 2 rings (SSSR count). The molecule has 2 aliphatic rings. The molecule has 1 N–H and O–H groups in total. The highest BCUT2D eigenvalue weighted by Crippen LogP contribution is 2.23. The molecular weight excluding hydrogens is 202 g/mol. The van der Waals surface area contributed by atoms with Crippen molar-refractivity contribution < 1.29 is 9.47 Å². The van der Waals surface area contributed by atoms with Gasteiger partial charge in [-0.05, 0) is 44.7 Å². The van der Waals surface area contributed by atoms with E-state index in [0.29, 0.717) is 6.10 Å². The van der Waals surface area contributed by atoms with Crippen LogP contribution in [-0.4, -0.2) is 31.9 Å². The fourth-order valence-corrected chi connectivity index (χ4v) is 2.37. The van der Waals surface area contributed by atoms with E-state index in [1.165, 1.54) is 6.42 Å². The minimum atomic E-state index is 0.280. The van der Waals surface area contributed by atoms with Crippen LogP contribution in [0.4, 0.5) is 0 Å². The molecule has 0 radical (unpaired) electrons. The summed E-state index contributed by atoms with van der Waals surface area (Å²) in [5.74, 6) is 1.12. The van der Waals surface area contributed by atoms with Crippen LogP contribution in [0.5, 0.6) is 0 Å². The highest BCUT2D eigenvalue weighted by molar-refractivity contribution is 5.09. The molecule has 2 unspecified atom stereocenters. The van der Waals surface area contributed by atoms with Crippen molar-refractivity contribution in [3.63, 3.8) is 0 Å². The SMILES string of the molecule is CCCNC(C1=CCCCO1)C1CCCO1. The predicted molar refractivity (Wildman–Crippen MR) is 64.3 cm³/mol. The second-order valence-corrected chi connectivity index (χ2v) is 4.58. The molecule has 0 spiro atoms. The van der Waals surface area contributed by atoms with E-state index in [1.54, 1.807) is 0 Å². The average molecular weight is 225 g/mol. The van der Waals surface area contributed by atoms with Crippen LogP contribution in [0.2, 0.25) is 0 Å². The second-order valence-electron chi connectivity index (χ2n) is 4.58. The molecule has 2 heterocycles. The quantitative estimate of drug-likeness (QED) is 0.778. The largest absolute Gasteiger partial charge is 0.496 e. The molecule has 92 valence electrons. The van der Waals surface area contributed by atoms with Gasteiger partial charge in [0.25, 0.3) is 0 Å². The molecule has 0 bridgehead atoms. The highest BCUT2D eigenvalue weighted by Gasteiger charge is 2.30. The Kier molecular flexibility index (Phi) is 4.67. The van der Waals surface area contributed by atoms with Gasteiger partial charge in [0.15, 0.2) is 0 Å². The number of ether oxygens (including phenoxy) is 2. The Morgan fingerprint density at radius 2 is 2.38 bits per heavy atom. The maximum atomic E-state index is 5.78. The summed E-state index contributed by atoms with van der Waals surface area (Å²) in [6.45, 7) is 4.99. The zero-order chi connectivity index (χ0) is 11.2. The van der Waals surface area contributed by atoms with Crippen LogP contribution in [0.1, 0.15) is 39.0 Å². The normalized spacial score (nSPS) is 27.3. The summed E-state index contributed by atoms with van der Waals surface area (Å²) >= 11 is 0. The molecule has 3 nitrogen and oxygen atoms in total. The van der Waals surface area contributed by atoms with E-state index < -0.39 is 0 Å².